The Balaban J connectivity index is 2.18. The van der Waals surface area contributed by atoms with Crippen molar-refractivity contribution in [2.45, 2.75) is 17.6 Å². The van der Waals surface area contributed by atoms with Crippen LogP contribution in [0.3, 0.4) is 0 Å². The minimum Gasteiger partial charge on any atom is -0.229 e. The van der Waals surface area contributed by atoms with Gasteiger partial charge in [-0.15, -0.1) is 0 Å². The van der Waals surface area contributed by atoms with Crippen LogP contribution in [0.25, 0.3) is 0 Å². The predicted molar refractivity (Wildman–Crippen MR) is 60.1 cm³/mol. The maximum Gasteiger partial charge on any atom is 0.150 e. The van der Waals surface area contributed by atoms with Gasteiger partial charge in [0.25, 0.3) is 0 Å². The van der Waals surface area contributed by atoms with Crippen molar-refractivity contribution in [1.29, 1.82) is 0 Å². The topological polar surface area (TPSA) is 34.1 Å². The van der Waals surface area contributed by atoms with Crippen LogP contribution in [0.1, 0.15) is 17.9 Å². The van der Waals surface area contributed by atoms with Gasteiger partial charge in [-0.3, -0.25) is 0 Å². The third-order valence-electron chi connectivity index (χ3n) is 2.58. The molecular formula is C10H11BrO2S. The molecule has 0 unspecified atom stereocenters. The molecule has 0 heterocycles. The van der Waals surface area contributed by atoms with Gasteiger partial charge in [-0.1, -0.05) is 28.1 Å². The monoisotopic (exact) mass is 274 g/mol. The van der Waals surface area contributed by atoms with Crippen LogP contribution >= 0.6 is 15.9 Å². The van der Waals surface area contributed by atoms with Gasteiger partial charge in [-0.25, -0.2) is 8.42 Å². The van der Waals surface area contributed by atoms with E-state index < -0.39 is 9.84 Å². The van der Waals surface area contributed by atoms with E-state index in [2.05, 4.69) is 15.9 Å². The van der Waals surface area contributed by atoms with Gasteiger partial charge in [0.15, 0.2) is 9.84 Å². The van der Waals surface area contributed by atoms with Crippen LogP contribution in [0, 0.1) is 0 Å². The van der Waals surface area contributed by atoms with Crippen molar-refractivity contribution in [3.63, 3.8) is 0 Å². The number of benzene rings is 1. The summed E-state index contributed by atoms with van der Waals surface area (Å²) in [6.45, 7) is 0. The molecule has 0 spiro atoms. The van der Waals surface area contributed by atoms with Crippen LogP contribution in [-0.2, 0) is 9.84 Å². The number of rotatable bonds is 2. The highest BCUT2D eigenvalue weighted by molar-refractivity contribution is 9.10. The van der Waals surface area contributed by atoms with Crippen LogP contribution < -0.4 is 0 Å². The molecule has 1 aromatic rings. The minimum absolute atomic E-state index is 0.149. The van der Waals surface area contributed by atoms with Crippen molar-refractivity contribution in [3.8, 4) is 0 Å². The largest absolute Gasteiger partial charge is 0.229 e. The van der Waals surface area contributed by atoms with Gasteiger partial charge in [0.2, 0.25) is 0 Å². The van der Waals surface area contributed by atoms with Gasteiger partial charge in [0.1, 0.15) is 0 Å². The fourth-order valence-electron chi connectivity index (χ4n) is 1.71. The second kappa shape index (κ2) is 3.35. The molecule has 1 saturated carbocycles. The first-order valence-corrected chi connectivity index (χ1v) is 7.17. The normalized spacial score (nSPS) is 26.1. The zero-order valence-electron chi connectivity index (χ0n) is 7.77. The molecule has 1 aliphatic carbocycles. The molecule has 1 fully saturated rings. The molecule has 2 rings (SSSR count). The highest BCUT2D eigenvalue weighted by Gasteiger charge is 2.45. The van der Waals surface area contributed by atoms with E-state index in [0.29, 0.717) is 0 Å². The van der Waals surface area contributed by atoms with Gasteiger partial charge in [-0.05, 0) is 24.1 Å². The summed E-state index contributed by atoms with van der Waals surface area (Å²) in [7, 11) is -2.85. The van der Waals surface area contributed by atoms with Crippen LogP contribution in [-0.4, -0.2) is 19.9 Å². The van der Waals surface area contributed by atoms with E-state index in [-0.39, 0.29) is 11.2 Å². The summed E-state index contributed by atoms with van der Waals surface area (Å²) in [6.07, 6.45) is 2.09. The Morgan fingerprint density at radius 1 is 1.29 bits per heavy atom. The third-order valence-corrected chi connectivity index (χ3v) is 4.73. The Bertz CT molecular complexity index is 436. The van der Waals surface area contributed by atoms with E-state index in [1.165, 1.54) is 6.26 Å². The van der Waals surface area contributed by atoms with E-state index in [0.717, 1.165) is 16.5 Å². The van der Waals surface area contributed by atoms with E-state index in [1.54, 1.807) is 0 Å². The summed E-state index contributed by atoms with van der Waals surface area (Å²) in [5.74, 6) is 0.220. The summed E-state index contributed by atoms with van der Waals surface area (Å²) in [4.78, 5) is 0. The molecule has 2 atom stereocenters. The first-order valence-electron chi connectivity index (χ1n) is 4.43. The SMILES string of the molecule is CS(=O)(=O)[C@@H]1C[C@H]1c1ccc(Br)cc1. The quantitative estimate of drug-likeness (QED) is 0.830. The Kier molecular flexibility index (Phi) is 2.43. The molecule has 0 saturated heterocycles. The lowest BCUT2D eigenvalue weighted by atomic mass is 10.1. The number of hydrogen-bond donors (Lipinski definition) is 0. The molecular weight excluding hydrogens is 264 g/mol. The molecule has 2 nitrogen and oxygen atoms in total. The maximum atomic E-state index is 11.2. The van der Waals surface area contributed by atoms with E-state index in [4.69, 9.17) is 0 Å². The van der Waals surface area contributed by atoms with Crippen molar-refractivity contribution in [2.24, 2.45) is 0 Å². The zero-order valence-corrected chi connectivity index (χ0v) is 10.2. The molecule has 76 valence electrons. The summed E-state index contributed by atoms with van der Waals surface area (Å²) >= 11 is 3.35. The summed E-state index contributed by atoms with van der Waals surface area (Å²) < 4.78 is 23.5. The Labute approximate surface area is 92.4 Å². The van der Waals surface area contributed by atoms with Crippen molar-refractivity contribution in [1.82, 2.24) is 0 Å². The van der Waals surface area contributed by atoms with Gasteiger partial charge >= 0.3 is 0 Å². The second-order valence-electron chi connectivity index (χ2n) is 3.76. The van der Waals surface area contributed by atoms with Gasteiger partial charge in [0.05, 0.1) is 5.25 Å². The summed E-state index contributed by atoms with van der Waals surface area (Å²) in [5.41, 5.74) is 1.13. The lowest BCUT2D eigenvalue weighted by molar-refractivity contribution is 0.600. The van der Waals surface area contributed by atoms with Crippen LogP contribution in [0.2, 0.25) is 0 Å². The average Bonchev–Trinajstić information content (AvgIpc) is 2.83. The average molecular weight is 275 g/mol. The van der Waals surface area contributed by atoms with E-state index in [9.17, 15) is 8.42 Å². The molecule has 4 heteroatoms. The zero-order chi connectivity index (χ0) is 10.3. The predicted octanol–water partition coefficient (Wildman–Crippen LogP) is 2.35. The Morgan fingerprint density at radius 3 is 2.29 bits per heavy atom. The van der Waals surface area contributed by atoms with Crippen LogP contribution in [0.15, 0.2) is 28.7 Å². The van der Waals surface area contributed by atoms with Crippen molar-refractivity contribution < 1.29 is 8.42 Å². The fourth-order valence-corrected chi connectivity index (χ4v) is 3.28. The number of sulfone groups is 1. The van der Waals surface area contributed by atoms with E-state index in [1.807, 2.05) is 24.3 Å². The standard InChI is InChI=1S/C10H11BrO2S/c1-14(12,13)10-6-9(10)7-2-4-8(11)5-3-7/h2-5,9-10H,6H2,1H3/t9-,10+/m0/s1. The lowest BCUT2D eigenvalue weighted by Gasteiger charge is -1.99. The maximum absolute atomic E-state index is 11.2. The van der Waals surface area contributed by atoms with Gasteiger partial charge in [-0.2, -0.15) is 0 Å². The number of hydrogen-bond acceptors (Lipinski definition) is 2. The molecule has 1 aromatic carbocycles. The molecule has 14 heavy (non-hydrogen) atoms. The van der Waals surface area contributed by atoms with Crippen LogP contribution in [0.4, 0.5) is 0 Å². The number of halogens is 1. The molecule has 0 bridgehead atoms. The molecule has 0 aromatic heterocycles. The molecule has 0 N–H and O–H groups in total. The van der Waals surface area contributed by atoms with Crippen molar-refractivity contribution in [3.05, 3.63) is 34.3 Å². The molecule has 0 radical (unpaired) electrons. The third kappa shape index (κ3) is 2.01. The minimum atomic E-state index is -2.85. The Morgan fingerprint density at radius 2 is 1.86 bits per heavy atom. The van der Waals surface area contributed by atoms with Gasteiger partial charge < -0.3 is 0 Å². The Hall–Kier alpha value is -0.350. The highest BCUT2D eigenvalue weighted by Crippen LogP contribution is 2.45. The van der Waals surface area contributed by atoms with Crippen molar-refractivity contribution >= 4 is 25.8 Å². The highest BCUT2D eigenvalue weighted by atomic mass is 79.9. The first-order chi connectivity index (χ1) is 6.48. The molecule has 1 aliphatic rings. The van der Waals surface area contributed by atoms with Gasteiger partial charge in [0, 0.05) is 16.6 Å². The first kappa shape index (κ1) is 10.2. The lowest BCUT2D eigenvalue weighted by Crippen LogP contribution is -2.04. The van der Waals surface area contributed by atoms with Crippen LogP contribution in [0.5, 0.6) is 0 Å². The molecule has 0 aliphatic heterocycles. The van der Waals surface area contributed by atoms with E-state index >= 15 is 0 Å². The second-order valence-corrected chi connectivity index (χ2v) is 6.94. The summed E-state index contributed by atoms with van der Waals surface area (Å²) in [5, 5.41) is -0.149. The smallest absolute Gasteiger partial charge is 0.150 e. The van der Waals surface area contributed by atoms with Crippen molar-refractivity contribution in [2.75, 3.05) is 6.26 Å². The molecule has 0 amide bonds. The fraction of sp³-hybridized carbons (Fsp3) is 0.400. The summed E-state index contributed by atoms with van der Waals surface area (Å²) in [6, 6.07) is 7.87.